The van der Waals surface area contributed by atoms with Gasteiger partial charge in [0.25, 0.3) is 0 Å². The maximum atomic E-state index is 13.8. The van der Waals surface area contributed by atoms with Crippen molar-refractivity contribution in [2.24, 2.45) is 0 Å². The number of sulfonamides is 1. The number of nitrogen functional groups attached to an aromatic ring is 1. The van der Waals surface area contributed by atoms with Gasteiger partial charge in [-0.25, -0.2) is 12.8 Å². The fourth-order valence-corrected chi connectivity index (χ4v) is 3.64. The molecule has 0 radical (unpaired) electrons. The lowest BCUT2D eigenvalue weighted by atomic mass is 10.3. The predicted octanol–water partition coefficient (Wildman–Crippen LogP) is 1.21. The minimum absolute atomic E-state index is 0.198. The number of nitrogens with two attached hydrogens (primary N) is 1. The van der Waals surface area contributed by atoms with Crippen LogP contribution in [0.3, 0.4) is 0 Å². The van der Waals surface area contributed by atoms with E-state index in [1.807, 2.05) is 0 Å². The summed E-state index contributed by atoms with van der Waals surface area (Å²) in [5.74, 6) is -0.821. The summed E-state index contributed by atoms with van der Waals surface area (Å²) in [6.07, 6.45) is 0.397. The number of hydrogen-bond donors (Lipinski definition) is 1. The van der Waals surface area contributed by atoms with Gasteiger partial charge in [-0.3, -0.25) is 0 Å². The highest BCUT2D eigenvalue weighted by molar-refractivity contribution is 7.89. The largest absolute Gasteiger partial charge is 0.399 e. The first-order valence-electron chi connectivity index (χ1n) is 6.08. The molecule has 0 amide bonds. The number of hydrogen-bond acceptors (Lipinski definition) is 4. The van der Waals surface area contributed by atoms with Crippen LogP contribution in [0.25, 0.3) is 0 Å². The summed E-state index contributed by atoms with van der Waals surface area (Å²) in [6.45, 7) is 2.87. The second kappa shape index (κ2) is 5.44. The number of benzene rings is 1. The Bertz CT molecular complexity index is 562. The molecule has 1 aromatic carbocycles. The SMILES string of the molecule is CC1CN(S(=O)(=O)c2ccc(N)cc2F)CCCO1. The zero-order valence-corrected chi connectivity index (χ0v) is 11.5. The lowest BCUT2D eigenvalue weighted by Gasteiger charge is -2.21. The van der Waals surface area contributed by atoms with Crippen LogP contribution in [0, 0.1) is 5.82 Å². The maximum absolute atomic E-state index is 13.8. The van der Waals surface area contributed by atoms with E-state index in [1.54, 1.807) is 6.92 Å². The van der Waals surface area contributed by atoms with E-state index in [1.165, 1.54) is 16.4 Å². The molecule has 1 aliphatic heterocycles. The van der Waals surface area contributed by atoms with Crippen LogP contribution in [0.1, 0.15) is 13.3 Å². The van der Waals surface area contributed by atoms with Crippen LogP contribution in [0.5, 0.6) is 0 Å². The molecule has 1 unspecified atom stereocenters. The number of ether oxygens (including phenoxy) is 1. The van der Waals surface area contributed by atoms with Crippen molar-refractivity contribution in [3.05, 3.63) is 24.0 Å². The van der Waals surface area contributed by atoms with E-state index in [4.69, 9.17) is 10.5 Å². The Balaban J connectivity index is 2.35. The average molecular weight is 288 g/mol. The van der Waals surface area contributed by atoms with Crippen molar-refractivity contribution in [2.45, 2.75) is 24.3 Å². The molecule has 0 bridgehead atoms. The van der Waals surface area contributed by atoms with Crippen molar-refractivity contribution >= 4 is 15.7 Å². The van der Waals surface area contributed by atoms with Crippen LogP contribution in [0.15, 0.2) is 23.1 Å². The fraction of sp³-hybridized carbons (Fsp3) is 0.500. The predicted molar refractivity (Wildman–Crippen MR) is 69.6 cm³/mol. The van der Waals surface area contributed by atoms with Gasteiger partial charge in [0.2, 0.25) is 10.0 Å². The van der Waals surface area contributed by atoms with E-state index in [9.17, 15) is 12.8 Å². The van der Waals surface area contributed by atoms with Crippen molar-refractivity contribution in [1.82, 2.24) is 4.31 Å². The van der Waals surface area contributed by atoms with Crippen molar-refractivity contribution in [1.29, 1.82) is 0 Å². The summed E-state index contributed by atoms with van der Waals surface area (Å²) < 4.78 is 45.3. The Morgan fingerprint density at radius 3 is 2.89 bits per heavy atom. The smallest absolute Gasteiger partial charge is 0.246 e. The molecule has 1 aliphatic rings. The molecule has 1 saturated heterocycles. The van der Waals surface area contributed by atoms with Gasteiger partial charge in [0, 0.05) is 25.4 Å². The third kappa shape index (κ3) is 3.05. The molecule has 5 nitrogen and oxygen atoms in total. The molecule has 0 spiro atoms. The van der Waals surface area contributed by atoms with Gasteiger partial charge in [0.15, 0.2) is 0 Å². The normalized spacial score (nSPS) is 22.1. The highest BCUT2D eigenvalue weighted by atomic mass is 32.2. The molecule has 0 aliphatic carbocycles. The average Bonchev–Trinajstić information content (AvgIpc) is 2.53. The highest BCUT2D eigenvalue weighted by Crippen LogP contribution is 2.23. The van der Waals surface area contributed by atoms with Crippen molar-refractivity contribution < 1.29 is 17.5 Å². The van der Waals surface area contributed by atoms with Crippen molar-refractivity contribution in [3.63, 3.8) is 0 Å². The number of nitrogens with zero attached hydrogens (tertiary/aromatic N) is 1. The van der Waals surface area contributed by atoms with E-state index in [0.29, 0.717) is 19.6 Å². The Kier molecular flexibility index (Phi) is 4.07. The minimum atomic E-state index is -3.84. The van der Waals surface area contributed by atoms with Crippen LogP contribution in [-0.4, -0.2) is 38.5 Å². The van der Waals surface area contributed by atoms with Gasteiger partial charge in [-0.2, -0.15) is 4.31 Å². The first kappa shape index (κ1) is 14.2. The van der Waals surface area contributed by atoms with E-state index in [2.05, 4.69) is 0 Å². The lowest BCUT2D eigenvalue weighted by molar-refractivity contribution is 0.0752. The zero-order valence-electron chi connectivity index (χ0n) is 10.7. The molecule has 1 aromatic rings. The second-order valence-electron chi connectivity index (χ2n) is 4.59. The van der Waals surface area contributed by atoms with Gasteiger partial charge in [0.05, 0.1) is 6.10 Å². The van der Waals surface area contributed by atoms with E-state index in [0.717, 1.165) is 6.07 Å². The van der Waals surface area contributed by atoms with Gasteiger partial charge in [-0.05, 0) is 31.5 Å². The van der Waals surface area contributed by atoms with E-state index < -0.39 is 15.8 Å². The number of rotatable bonds is 2. The summed E-state index contributed by atoms with van der Waals surface area (Å²) >= 11 is 0. The lowest BCUT2D eigenvalue weighted by Crippen LogP contribution is -2.36. The molecule has 0 aromatic heterocycles. The molecule has 2 N–H and O–H groups in total. The van der Waals surface area contributed by atoms with Crippen LogP contribution >= 0.6 is 0 Å². The molecule has 0 saturated carbocycles. The van der Waals surface area contributed by atoms with Crippen molar-refractivity contribution in [2.75, 3.05) is 25.4 Å². The molecule has 1 fully saturated rings. The van der Waals surface area contributed by atoms with Crippen LogP contribution in [-0.2, 0) is 14.8 Å². The van der Waals surface area contributed by atoms with Crippen LogP contribution in [0.2, 0.25) is 0 Å². The van der Waals surface area contributed by atoms with Gasteiger partial charge >= 0.3 is 0 Å². The maximum Gasteiger partial charge on any atom is 0.246 e. The first-order valence-corrected chi connectivity index (χ1v) is 7.52. The topological polar surface area (TPSA) is 72.6 Å². The minimum Gasteiger partial charge on any atom is -0.399 e. The second-order valence-corrected chi connectivity index (χ2v) is 6.49. The number of halogens is 1. The van der Waals surface area contributed by atoms with Crippen LogP contribution < -0.4 is 5.73 Å². The Morgan fingerprint density at radius 1 is 1.47 bits per heavy atom. The molecule has 19 heavy (non-hydrogen) atoms. The van der Waals surface area contributed by atoms with Gasteiger partial charge in [0.1, 0.15) is 10.7 Å². The summed E-state index contributed by atoms with van der Waals surface area (Å²) in [5.41, 5.74) is 5.63. The van der Waals surface area contributed by atoms with Gasteiger partial charge in [-0.1, -0.05) is 0 Å². The van der Waals surface area contributed by atoms with E-state index >= 15 is 0 Å². The monoisotopic (exact) mass is 288 g/mol. The van der Waals surface area contributed by atoms with E-state index in [-0.39, 0.29) is 23.2 Å². The third-order valence-corrected chi connectivity index (χ3v) is 4.89. The molecule has 1 heterocycles. The molecular formula is C12H17FN2O3S. The Hall–Kier alpha value is -1.18. The first-order chi connectivity index (χ1) is 8.91. The molecule has 106 valence electrons. The van der Waals surface area contributed by atoms with Crippen LogP contribution in [0.4, 0.5) is 10.1 Å². The fourth-order valence-electron chi connectivity index (χ4n) is 2.04. The van der Waals surface area contributed by atoms with Gasteiger partial charge in [-0.15, -0.1) is 0 Å². The Labute approximate surface area is 112 Å². The summed E-state index contributed by atoms with van der Waals surface area (Å²) in [5, 5.41) is 0. The summed E-state index contributed by atoms with van der Waals surface area (Å²) in [4.78, 5) is -0.337. The quantitative estimate of drug-likeness (QED) is 0.830. The highest BCUT2D eigenvalue weighted by Gasteiger charge is 2.30. The number of anilines is 1. The van der Waals surface area contributed by atoms with Gasteiger partial charge < -0.3 is 10.5 Å². The third-order valence-electron chi connectivity index (χ3n) is 2.99. The zero-order chi connectivity index (χ0) is 14.0. The molecule has 1 atom stereocenters. The summed E-state index contributed by atoms with van der Waals surface area (Å²) in [7, 11) is -3.84. The van der Waals surface area contributed by atoms with Crippen molar-refractivity contribution in [3.8, 4) is 0 Å². The summed E-state index contributed by atoms with van der Waals surface area (Å²) in [6, 6.07) is 3.61. The Morgan fingerprint density at radius 2 is 2.21 bits per heavy atom. The standard InChI is InChI=1S/C12H17FN2O3S/c1-9-8-15(5-2-6-18-9)19(16,17)12-4-3-10(14)7-11(12)13/h3-4,7,9H,2,5-6,8,14H2,1H3. The molecular weight excluding hydrogens is 271 g/mol. The molecule has 7 heteroatoms. The molecule has 2 rings (SSSR count).